The average Bonchev–Trinajstić information content (AvgIpc) is 2.91. The highest BCUT2D eigenvalue weighted by Crippen LogP contribution is 2.33. The molecular formula is C21H18N2O4S2. The minimum atomic E-state index is -1.15. The van der Waals surface area contributed by atoms with E-state index in [4.69, 9.17) is 12.2 Å². The fourth-order valence-electron chi connectivity index (χ4n) is 2.81. The number of nitrogens with one attached hydrogen (secondary N) is 1. The van der Waals surface area contributed by atoms with Gasteiger partial charge in [-0.1, -0.05) is 54.3 Å². The van der Waals surface area contributed by atoms with E-state index in [9.17, 15) is 19.5 Å². The number of aryl methyl sites for hydroxylation is 2. The van der Waals surface area contributed by atoms with Crippen LogP contribution in [0, 0.1) is 13.8 Å². The Morgan fingerprint density at radius 2 is 1.93 bits per heavy atom. The highest BCUT2D eigenvalue weighted by atomic mass is 32.2. The van der Waals surface area contributed by atoms with E-state index in [-0.39, 0.29) is 28.0 Å². The van der Waals surface area contributed by atoms with Crippen molar-refractivity contribution >= 4 is 57.8 Å². The fourth-order valence-corrected chi connectivity index (χ4v) is 4.05. The first-order valence-corrected chi connectivity index (χ1v) is 9.93. The molecule has 8 heteroatoms. The molecule has 3 rings (SSSR count). The topological polar surface area (TPSA) is 86.7 Å². The monoisotopic (exact) mass is 426 g/mol. The Hall–Kier alpha value is -2.97. The lowest BCUT2D eigenvalue weighted by Crippen LogP contribution is -2.36. The van der Waals surface area contributed by atoms with Gasteiger partial charge in [-0.15, -0.1) is 0 Å². The second-order valence-corrected chi connectivity index (χ2v) is 8.20. The van der Waals surface area contributed by atoms with Gasteiger partial charge in [0, 0.05) is 0 Å². The summed E-state index contributed by atoms with van der Waals surface area (Å²) in [6.07, 6.45) is 1.76. The Morgan fingerprint density at radius 3 is 2.62 bits per heavy atom. The lowest BCUT2D eigenvalue weighted by Gasteiger charge is -2.15. The molecule has 0 aliphatic carbocycles. The van der Waals surface area contributed by atoms with Crippen LogP contribution in [0.2, 0.25) is 0 Å². The number of carboxylic acid groups (broad SMARTS) is 1. The van der Waals surface area contributed by atoms with Gasteiger partial charge >= 0.3 is 5.97 Å². The molecule has 1 heterocycles. The third-order valence-electron chi connectivity index (χ3n) is 4.33. The standard InChI is InChI=1S/C21H18N2O4S2/c1-12-7-8-15(20(26)27)16(9-12)22-18(24)11-23-19(25)17(29-21(23)28)10-14-6-4-3-5-13(14)2/h3-10H,11H2,1-2H3,(H,22,24)(H,26,27)/b17-10-. The molecule has 6 nitrogen and oxygen atoms in total. The largest absolute Gasteiger partial charge is 0.478 e. The van der Waals surface area contributed by atoms with E-state index in [1.807, 2.05) is 31.2 Å². The van der Waals surface area contributed by atoms with Gasteiger partial charge in [0.1, 0.15) is 10.9 Å². The number of thiocarbonyl (C=S) groups is 1. The summed E-state index contributed by atoms with van der Waals surface area (Å²) in [5, 5.41) is 11.9. The predicted molar refractivity (Wildman–Crippen MR) is 118 cm³/mol. The molecule has 148 valence electrons. The zero-order valence-electron chi connectivity index (χ0n) is 15.8. The number of nitrogens with zero attached hydrogens (tertiary/aromatic N) is 1. The highest BCUT2D eigenvalue weighted by Gasteiger charge is 2.33. The number of anilines is 1. The number of carbonyl (C=O) groups excluding carboxylic acids is 2. The van der Waals surface area contributed by atoms with Crippen LogP contribution in [0.15, 0.2) is 47.4 Å². The second kappa shape index (κ2) is 8.59. The molecule has 1 fully saturated rings. The van der Waals surface area contributed by atoms with Crippen molar-refractivity contribution in [3.8, 4) is 0 Å². The molecule has 0 saturated carbocycles. The lowest BCUT2D eigenvalue weighted by atomic mass is 10.1. The molecule has 1 aliphatic heterocycles. The van der Waals surface area contributed by atoms with Crippen LogP contribution in [0.1, 0.15) is 27.0 Å². The Labute approximate surface area is 177 Å². The number of thioether (sulfide) groups is 1. The van der Waals surface area contributed by atoms with Crippen molar-refractivity contribution in [2.45, 2.75) is 13.8 Å². The number of hydrogen-bond donors (Lipinski definition) is 2. The number of carbonyl (C=O) groups is 3. The number of aromatic carboxylic acids is 1. The Morgan fingerprint density at radius 1 is 1.21 bits per heavy atom. The molecule has 2 N–H and O–H groups in total. The Balaban J connectivity index is 1.76. The molecule has 0 spiro atoms. The summed E-state index contributed by atoms with van der Waals surface area (Å²) >= 11 is 6.41. The number of carboxylic acids is 1. The van der Waals surface area contributed by atoms with Crippen LogP contribution in [-0.4, -0.2) is 38.7 Å². The quantitative estimate of drug-likeness (QED) is 0.558. The van der Waals surface area contributed by atoms with Gasteiger partial charge in [0.05, 0.1) is 16.2 Å². The normalized spacial score (nSPS) is 15.1. The van der Waals surface area contributed by atoms with Gasteiger partial charge in [-0.2, -0.15) is 0 Å². The zero-order chi connectivity index (χ0) is 21.1. The van der Waals surface area contributed by atoms with Crippen LogP contribution in [0.3, 0.4) is 0 Å². The summed E-state index contributed by atoms with van der Waals surface area (Å²) in [5.41, 5.74) is 2.90. The van der Waals surface area contributed by atoms with Crippen molar-refractivity contribution in [1.82, 2.24) is 4.90 Å². The van der Waals surface area contributed by atoms with Gasteiger partial charge in [-0.3, -0.25) is 14.5 Å². The molecule has 29 heavy (non-hydrogen) atoms. The van der Waals surface area contributed by atoms with Crippen molar-refractivity contribution in [3.05, 3.63) is 69.6 Å². The van der Waals surface area contributed by atoms with Gasteiger partial charge in [0.2, 0.25) is 5.91 Å². The first-order chi connectivity index (χ1) is 13.8. The fraction of sp³-hybridized carbons (Fsp3) is 0.143. The van der Waals surface area contributed by atoms with Gasteiger partial charge in [-0.25, -0.2) is 4.79 Å². The predicted octanol–water partition coefficient (Wildman–Crippen LogP) is 3.84. The second-order valence-electron chi connectivity index (χ2n) is 6.53. The molecule has 1 saturated heterocycles. The minimum absolute atomic E-state index is 0.0196. The van der Waals surface area contributed by atoms with E-state index in [0.29, 0.717) is 4.91 Å². The Kier molecular flexibility index (Phi) is 6.14. The maximum Gasteiger partial charge on any atom is 0.337 e. The van der Waals surface area contributed by atoms with Gasteiger partial charge < -0.3 is 10.4 Å². The lowest BCUT2D eigenvalue weighted by molar-refractivity contribution is -0.126. The van der Waals surface area contributed by atoms with E-state index in [1.165, 1.54) is 11.0 Å². The molecule has 0 radical (unpaired) electrons. The number of benzene rings is 2. The highest BCUT2D eigenvalue weighted by molar-refractivity contribution is 8.26. The summed E-state index contributed by atoms with van der Waals surface area (Å²) < 4.78 is 0.285. The number of hydrogen-bond acceptors (Lipinski definition) is 5. The number of rotatable bonds is 5. The zero-order valence-corrected chi connectivity index (χ0v) is 17.4. The third-order valence-corrected chi connectivity index (χ3v) is 5.71. The molecule has 0 bridgehead atoms. The summed E-state index contributed by atoms with van der Waals surface area (Å²) in [7, 11) is 0. The SMILES string of the molecule is Cc1ccc(C(=O)O)c(NC(=O)CN2C(=O)/C(=C/c3ccccc3C)SC2=S)c1. The van der Waals surface area contributed by atoms with Crippen LogP contribution in [0.4, 0.5) is 5.69 Å². The van der Waals surface area contributed by atoms with Crippen LogP contribution in [0.25, 0.3) is 6.08 Å². The van der Waals surface area contributed by atoms with Gasteiger partial charge in [0.15, 0.2) is 0 Å². The first-order valence-electron chi connectivity index (χ1n) is 8.71. The summed E-state index contributed by atoms with van der Waals surface area (Å²) in [6.45, 7) is 3.45. The van der Waals surface area contributed by atoms with Crippen LogP contribution >= 0.6 is 24.0 Å². The third kappa shape index (κ3) is 4.72. The van der Waals surface area contributed by atoms with Gasteiger partial charge in [0.25, 0.3) is 5.91 Å². The maximum absolute atomic E-state index is 12.7. The molecule has 0 aromatic heterocycles. The molecule has 2 aromatic rings. The van der Waals surface area contributed by atoms with E-state index in [0.717, 1.165) is 28.5 Å². The van der Waals surface area contributed by atoms with E-state index < -0.39 is 11.9 Å². The van der Waals surface area contributed by atoms with Crippen molar-refractivity contribution in [1.29, 1.82) is 0 Å². The smallest absolute Gasteiger partial charge is 0.337 e. The van der Waals surface area contributed by atoms with Gasteiger partial charge in [-0.05, 0) is 48.7 Å². The molecule has 1 aliphatic rings. The summed E-state index contributed by atoms with van der Waals surface area (Å²) in [4.78, 5) is 38.2. The molecule has 2 aromatic carbocycles. The number of amides is 2. The van der Waals surface area contributed by atoms with Crippen molar-refractivity contribution < 1.29 is 19.5 Å². The Bertz CT molecular complexity index is 1060. The molecule has 2 amide bonds. The van der Waals surface area contributed by atoms with Crippen LogP contribution < -0.4 is 5.32 Å². The average molecular weight is 427 g/mol. The van der Waals surface area contributed by atoms with E-state index in [2.05, 4.69) is 5.32 Å². The molecule has 0 unspecified atom stereocenters. The summed E-state index contributed by atoms with van der Waals surface area (Å²) in [6, 6.07) is 12.3. The molecular weight excluding hydrogens is 408 g/mol. The minimum Gasteiger partial charge on any atom is -0.478 e. The van der Waals surface area contributed by atoms with Crippen molar-refractivity contribution in [2.75, 3.05) is 11.9 Å². The maximum atomic E-state index is 12.7. The van der Waals surface area contributed by atoms with Crippen LogP contribution in [0.5, 0.6) is 0 Å². The van der Waals surface area contributed by atoms with Crippen LogP contribution in [-0.2, 0) is 9.59 Å². The summed E-state index contributed by atoms with van der Waals surface area (Å²) in [5.74, 6) is -2.01. The van der Waals surface area contributed by atoms with E-state index >= 15 is 0 Å². The van der Waals surface area contributed by atoms with Crippen molar-refractivity contribution in [2.24, 2.45) is 0 Å². The van der Waals surface area contributed by atoms with Crippen molar-refractivity contribution in [3.63, 3.8) is 0 Å². The molecule has 0 atom stereocenters. The van der Waals surface area contributed by atoms with E-state index in [1.54, 1.807) is 25.1 Å². The first kappa shape index (κ1) is 20.8.